The van der Waals surface area contributed by atoms with E-state index in [1.165, 1.54) is 19.2 Å². The summed E-state index contributed by atoms with van der Waals surface area (Å²) in [5, 5.41) is 12.3. The summed E-state index contributed by atoms with van der Waals surface area (Å²) < 4.78 is 11.5. The van der Waals surface area contributed by atoms with Gasteiger partial charge in [0.05, 0.1) is 18.1 Å². The molecule has 0 spiro atoms. The molecule has 0 saturated carbocycles. The summed E-state index contributed by atoms with van der Waals surface area (Å²) in [6.07, 6.45) is 1.82. The molecule has 7 nitrogen and oxygen atoms in total. The molecule has 0 atom stereocenters. The van der Waals surface area contributed by atoms with Crippen molar-refractivity contribution in [1.29, 1.82) is 0 Å². The minimum Gasteiger partial charge on any atom is -0.493 e. The standard InChI is InChI=1S/C19H27BrN2O5/c1-18(2,12-20)19(3,4)27-16-11-14(22(24)25)13(10-15(16)26-5)17(23)21-8-6-7-9-21/h10-11H,6-9,12H2,1-5H3. The van der Waals surface area contributed by atoms with Gasteiger partial charge in [0.1, 0.15) is 11.2 Å². The van der Waals surface area contributed by atoms with Crippen LogP contribution in [0.3, 0.4) is 0 Å². The van der Waals surface area contributed by atoms with Gasteiger partial charge in [0.2, 0.25) is 0 Å². The largest absolute Gasteiger partial charge is 0.493 e. The zero-order valence-electron chi connectivity index (χ0n) is 16.5. The minimum atomic E-state index is -0.641. The number of halogens is 1. The molecule has 1 aliphatic rings. The van der Waals surface area contributed by atoms with Crippen LogP contribution in [-0.4, -0.2) is 46.9 Å². The predicted octanol–water partition coefficient (Wildman–Crippen LogP) is 4.42. The number of nitro benzene ring substituents is 1. The Morgan fingerprint density at radius 3 is 2.30 bits per heavy atom. The normalized spacial score (nSPS) is 15.0. The monoisotopic (exact) mass is 442 g/mol. The van der Waals surface area contributed by atoms with E-state index in [1.807, 2.05) is 27.7 Å². The quantitative estimate of drug-likeness (QED) is 0.354. The van der Waals surface area contributed by atoms with Crippen LogP contribution < -0.4 is 9.47 Å². The summed E-state index contributed by atoms with van der Waals surface area (Å²) in [4.78, 5) is 25.5. The number of rotatable bonds is 7. The number of likely N-dealkylation sites (tertiary alicyclic amines) is 1. The number of carbonyl (C=O) groups is 1. The van der Waals surface area contributed by atoms with Gasteiger partial charge in [-0.2, -0.15) is 0 Å². The van der Waals surface area contributed by atoms with Gasteiger partial charge in [-0.15, -0.1) is 0 Å². The number of benzene rings is 1. The number of nitrogens with zero attached hydrogens (tertiary/aromatic N) is 2. The molecule has 1 aromatic carbocycles. The van der Waals surface area contributed by atoms with E-state index in [-0.39, 0.29) is 28.3 Å². The smallest absolute Gasteiger partial charge is 0.286 e. The number of carbonyl (C=O) groups excluding carboxylic acids is 1. The Morgan fingerprint density at radius 2 is 1.81 bits per heavy atom. The molecule has 27 heavy (non-hydrogen) atoms. The van der Waals surface area contributed by atoms with Crippen molar-refractivity contribution in [1.82, 2.24) is 4.90 Å². The second-order valence-electron chi connectivity index (χ2n) is 7.91. The molecule has 2 rings (SSSR count). The first-order valence-electron chi connectivity index (χ1n) is 8.95. The first-order valence-corrected chi connectivity index (χ1v) is 10.1. The lowest BCUT2D eigenvalue weighted by atomic mass is 9.79. The van der Waals surface area contributed by atoms with E-state index in [2.05, 4.69) is 15.9 Å². The van der Waals surface area contributed by atoms with E-state index in [9.17, 15) is 14.9 Å². The van der Waals surface area contributed by atoms with Gasteiger partial charge in [0.25, 0.3) is 11.6 Å². The van der Waals surface area contributed by atoms with E-state index in [1.54, 1.807) is 4.90 Å². The van der Waals surface area contributed by atoms with Gasteiger partial charge in [0.15, 0.2) is 11.5 Å². The Morgan fingerprint density at radius 1 is 1.22 bits per heavy atom. The lowest BCUT2D eigenvalue weighted by Crippen LogP contribution is -2.45. The molecule has 1 saturated heterocycles. The molecule has 1 aliphatic heterocycles. The number of nitro groups is 1. The van der Waals surface area contributed by atoms with E-state index < -0.39 is 10.5 Å². The highest BCUT2D eigenvalue weighted by Crippen LogP contribution is 2.42. The Labute approximate surface area is 168 Å². The van der Waals surface area contributed by atoms with Crippen molar-refractivity contribution in [3.63, 3.8) is 0 Å². The lowest BCUT2D eigenvalue weighted by molar-refractivity contribution is -0.385. The molecule has 0 N–H and O–H groups in total. The molecule has 0 aromatic heterocycles. The van der Waals surface area contributed by atoms with Gasteiger partial charge in [-0.25, -0.2) is 0 Å². The van der Waals surface area contributed by atoms with Crippen LogP contribution in [0.2, 0.25) is 0 Å². The average molecular weight is 443 g/mol. The molecule has 150 valence electrons. The Hall–Kier alpha value is -1.83. The van der Waals surface area contributed by atoms with Crippen LogP contribution in [0.1, 0.15) is 50.9 Å². The van der Waals surface area contributed by atoms with Crippen molar-refractivity contribution in [3.8, 4) is 11.5 Å². The van der Waals surface area contributed by atoms with Crippen molar-refractivity contribution in [2.75, 3.05) is 25.5 Å². The van der Waals surface area contributed by atoms with Crippen LogP contribution in [0.25, 0.3) is 0 Å². The SMILES string of the molecule is COc1cc(C(=O)N2CCCC2)c([N+](=O)[O-])cc1OC(C)(C)C(C)(C)CBr. The van der Waals surface area contributed by atoms with Crippen molar-refractivity contribution < 1.29 is 19.2 Å². The molecular weight excluding hydrogens is 416 g/mol. The fourth-order valence-electron chi connectivity index (χ4n) is 2.78. The van der Waals surface area contributed by atoms with Gasteiger partial charge in [-0.1, -0.05) is 29.8 Å². The second-order valence-corrected chi connectivity index (χ2v) is 8.47. The second kappa shape index (κ2) is 8.04. The fourth-order valence-corrected chi connectivity index (χ4v) is 3.45. The van der Waals surface area contributed by atoms with Gasteiger partial charge in [-0.3, -0.25) is 14.9 Å². The summed E-state index contributed by atoms with van der Waals surface area (Å²) >= 11 is 3.49. The van der Waals surface area contributed by atoms with E-state index in [0.29, 0.717) is 24.2 Å². The molecule has 1 heterocycles. The van der Waals surface area contributed by atoms with E-state index in [4.69, 9.17) is 9.47 Å². The highest BCUT2D eigenvalue weighted by atomic mass is 79.9. The fraction of sp³-hybridized carbons (Fsp3) is 0.632. The topological polar surface area (TPSA) is 81.9 Å². The number of hydrogen-bond donors (Lipinski definition) is 0. The third kappa shape index (κ3) is 4.36. The molecule has 1 fully saturated rings. The third-order valence-electron chi connectivity index (χ3n) is 5.43. The Balaban J connectivity index is 2.49. The van der Waals surface area contributed by atoms with Crippen LogP contribution in [0.4, 0.5) is 5.69 Å². The summed E-state index contributed by atoms with van der Waals surface area (Å²) in [5.74, 6) is 0.215. The first kappa shape index (κ1) is 21.5. The molecule has 8 heteroatoms. The molecule has 0 radical (unpaired) electrons. The van der Waals surface area contributed by atoms with Crippen LogP contribution >= 0.6 is 15.9 Å². The maximum absolute atomic E-state index is 12.8. The van der Waals surface area contributed by atoms with E-state index in [0.717, 1.165) is 12.8 Å². The number of methoxy groups -OCH3 is 1. The third-order valence-corrected chi connectivity index (χ3v) is 6.83. The van der Waals surface area contributed by atoms with Crippen LogP contribution in [0, 0.1) is 15.5 Å². The summed E-state index contributed by atoms with van der Waals surface area (Å²) in [6, 6.07) is 2.72. The first-order chi connectivity index (χ1) is 12.5. The maximum Gasteiger partial charge on any atom is 0.286 e. The lowest BCUT2D eigenvalue weighted by Gasteiger charge is -2.40. The maximum atomic E-state index is 12.8. The summed E-state index contributed by atoms with van der Waals surface area (Å²) in [5.41, 5.74) is -1.13. The van der Waals surface area contributed by atoms with Crippen LogP contribution in [-0.2, 0) is 0 Å². The van der Waals surface area contributed by atoms with Gasteiger partial charge in [0, 0.05) is 29.9 Å². The van der Waals surface area contributed by atoms with Crippen molar-refractivity contribution in [2.24, 2.45) is 5.41 Å². The summed E-state index contributed by atoms with van der Waals surface area (Å²) in [6.45, 7) is 9.14. The zero-order valence-corrected chi connectivity index (χ0v) is 18.1. The number of ether oxygens (including phenoxy) is 2. The Bertz CT molecular complexity index is 727. The highest BCUT2D eigenvalue weighted by Gasteiger charge is 2.40. The number of alkyl halides is 1. The average Bonchev–Trinajstić information content (AvgIpc) is 3.14. The molecule has 1 amide bonds. The highest BCUT2D eigenvalue weighted by molar-refractivity contribution is 9.09. The number of hydrogen-bond acceptors (Lipinski definition) is 5. The van der Waals surface area contributed by atoms with Crippen LogP contribution in [0.5, 0.6) is 11.5 Å². The molecule has 1 aromatic rings. The van der Waals surface area contributed by atoms with Gasteiger partial charge >= 0.3 is 0 Å². The van der Waals surface area contributed by atoms with Gasteiger partial charge < -0.3 is 14.4 Å². The summed E-state index contributed by atoms with van der Waals surface area (Å²) in [7, 11) is 1.46. The minimum absolute atomic E-state index is 0.0312. The van der Waals surface area contributed by atoms with Crippen LogP contribution in [0.15, 0.2) is 12.1 Å². The van der Waals surface area contributed by atoms with Gasteiger partial charge in [-0.05, 0) is 26.7 Å². The van der Waals surface area contributed by atoms with Crippen molar-refractivity contribution in [3.05, 3.63) is 27.8 Å². The van der Waals surface area contributed by atoms with E-state index >= 15 is 0 Å². The molecule has 0 aliphatic carbocycles. The predicted molar refractivity (Wildman–Crippen MR) is 107 cm³/mol. The molecule has 0 unspecified atom stereocenters. The molecule has 0 bridgehead atoms. The van der Waals surface area contributed by atoms with Crippen molar-refractivity contribution >= 4 is 27.5 Å². The number of amides is 1. The zero-order chi connectivity index (χ0) is 20.4. The van der Waals surface area contributed by atoms with Crippen molar-refractivity contribution in [2.45, 2.75) is 46.1 Å². The Kier molecular flexibility index (Phi) is 6.39. The molecular formula is C19H27BrN2O5.